The van der Waals surface area contributed by atoms with Gasteiger partial charge in [0.2, 0.25) is 0 Å². The van der Waals surface area contributed by atoms with E-state index in [4.69, 9.17) is 18.6 Å². The lowest BCUT2D eigenvalue weighted by atomic mass is 9.94. The molecule has 0 spiro atoms. The first kappa shape index (κ1) is 26.3. The minimum absolute atomic E-state index is 0.00604. The number of carbonyl (C=O) groups excluding carboxylic acids is 2. The highest BCUT2D eigenvalue weighted by molar-refractivity contribution is 6.46. The van der Waals surface area contributed by atoms with Crippen molar-refractivity contribution >= 4 is 17.4 Å². The number of likely N-dealkylation sites (tertiary alicyclic amines) is 1. The molecule has 2 atom stereocenters. The summed E-state index contributed by atoms with van der Waals surface area (Å²) in [6.07, 6.45) is 2.22. The number of rotatable bonds is 8. The van der Waals surface area contributed by atoms with E-state index in [-0.39, 0.29) is 24.0 Å². The van der Waals surface area contributed by atoms with Crippen molar-refractivity contribution in [3.05, 3.63) is 119 Å². The van der Waals surface area contributed by atoms with Crippen molar-refractivity contribution < 1.29 is 33.3 Å². The van der Waals surface area contributed by atoms with Crippen LogP contribution in [0, 0.1) is 0 Å². The number of hydrogen-bond donors (Lipinski definition) is 1. The number of nitrogens with zero attached hydrogens (tertiary/aromatic N) is 1. The predicted octanol–water partition coefficient (Wildman–Crippen LogP) is 5.81. The van der Waals surface area contributed by atoms with E-state index in [1.807, 2.05) is 43.3 Å². The number of benzene rings is 3. The van der Waals surface area contributed by atoms with Crippen molar-refractivity contribution in [2.24, 2.45) is 0 Å². The Bertz CT molecular complexity index is 1620. The molecule has 1 aromatic heterocycles. The van der Waals surface area contributed by atoms with E-state index in [1.165, 1.54) is 18.3 Å². The van der Waals surface area contributed by atoms with Gasteiger partial charge in [-0.15, -0.1) is 0 Å². The topological polar surface area (TPSA) is 98.4 Å². The third-order valence-corrected chi connectivity index (χ3v) is 7.36. The van der Waals surface area contributed by atoms with Crippen LogP contribution in [0.5, 0.6) is 17.2 Å². The highest BCUT2D eigenvalue weighted by atomic mass is 16.5. The number of methoxy groups -OCH3 is 1. The molecule has 6 rings (SSSR count). The third kappa shape index (κ3) is 5.04. The minimum Gasteiger partial charge on any atom is -0.507 e. The van der Waals surface area contributed by atoms with Crippen molar-refractivity contribution in [1.29, 1.82) is 0 Å². The van der Waals surface area contributed by atoms with Crippen LogP contribution in [0.1, 0.15) is 41.0 Å². The minimum atomic E-state index is -0.888. The van der Waals surface area contributed by atoms with Crippen molar-refractivity contribution in [3.8, 4) is 17.2 Å². The molecule has 0 saturated carbocycles. The van der Waals surface area contributed by atoms with Gasteiger partial charge in [0.1, 0.15) is 30.0 Å². The molecule has 8 nitrogen and oxygen atoms in total. The fourth-order valence-corrected chi connectivity index (χ4v) is 5.39. The van der Waals surface area contributed by atoms with Crippen LogP contribution in [0.25, 0.3) is 5.76 Å². The van der Waals surface area contributed by atoms with Crippen LogP contribution in [0.3, 0.4) is 0 Å². The molecule has 0 bridgehead atoms. The number of furan rings is 1. The van der Waals surface area contributed by atoms with Gasteiger partial charge < -0.3 is 28.6 Å². The van der Waals surface area contributed by atoms with Gasteiger partial charge >= 0.3 is 0 Å². The number of aliphatic hydroxyl groups is 1. The zero-order valence-electron chi connectivity index (χ0n) is 22.7. The summed E-state index contributed by atoms with van der Waals surface area (Å²) in [5.41, 5.74) is 2.95. The summed E-state index contributed by atoms with van der Waals surface area (Å²) >= 11 is 0. The Labute approximate surface area is 237 Å². The summed E-state index contributed by atoms with van der Waals surface area (Å²) in [6.45, 7) is 2.36. The van der Waals surface area contributed by atoms with E-state index in [0.29, 0.717) is 41.4 Å². The van der Waals surface area contributed by atoms with Crippen LogP contribution in [-0.2, 0) is 29.2 Å². The van der Waals surface area contributed by atoms with E-state index < -0.39 is 17.7 Å². The summed E-state index contributed by atoms with van der Waals surface area (Å²) in [4.78, 5) is 28.3. The quantitative estimate of drug-likeness (QED) is 0.168. The van der Waals surface area contributed by atoms with Gasteiger partial charge in [0.05, 0.1) is 31.5 Å². The summed E-state index contributed by atoms with van der Waals surface area (Å²) in [7, 11) is 1.53. The second-order valence-electron chi connectivity index (χ2n) is 10.1. The molecule has 2 aliphatic rings. The second kappa shape index (κ2) is 10.9. The molecule has 41 heavy (non-hydrogen) atoms. The van der Waals surface area contributed by atoms with Gasteiger partial charge in [0.25, 0.3) is 11.7 Å². The molecule has 1 saturated heterocycles. The maximum absolute atomic E-state index is 13.5. The highest BCUT2D eigenvalue weighted by Gasteiger charge is 2.46. The fourth-order valence-electron chi connectivity index (χ4n) is 5.39. The van der Waals surface area contributed by atoms with Crippen LogP contribution >= 0.6 is 0 Å². The van der Waals surface area contributed by atoms with E-state index >= 15 is 0 Å². The molecule has 3 heterocycles. The number of Topliss-reactive ketones (excluding diaryl/α,β-unsaturated/α-hetero) is 1. The van der Waals surface area contributed by atoms with E-state index in [1.54, 1.807) is 42.5 Å². The molecule has 4 aromatic rings. The maximum Gasteiger partial charge on any atom is 0.296 e. The number of ether oxygens (including phenoxy) is 3. The van der Waals surface area contributed by atoms with Gasteiger partial charge in [0.15, 0.2) is 11.5 Å². The summed E-state index contributed by atoms with van der Waals surface area (Å²) in [6, 6.07) is 22.9. The summed E-state index contributed by atoms with van der Waals surface area (Å²) in [5.74, 6) is 0.458. The second-order valence-corrected chi connectivity index (χ2v) is 10.1. The molecule has 8 heteroatoms. The first-order valence-electron chi connectivity index (χ1n) is 13.4. The van der Waals surface area contributed by atoms with E-state index in [0.717, 1.165) is 16.9 Å². The van der Waals surface area contributed by atoms with E-state index in [2.05, 4.69) is 0 Å². The van der Waals surface area contributed by atoms with Crippen molar-refractivity contribution in [1.82, 2.24) is 4.90 Å². The number of aliphatic hydroxyl groups excluding tert-OH is 1. The molecule has 2 aliphatic heterocycles. The number of ketones is 1. The summed E-state index contributed by atoms with van der Waals surface area (Å²) in [5, 5.41) is 11.5. The molecule has 1 fully saturated rings. The van der Waals surface area contributed by atoms with Gasteiger partial charge in [-0.3, -0.25) is 9.59 Å². The molecule has 0 aliphatic carbocycles. The standard InChI is InChI=1S/C33H29NO7/c1-20-15-24-16-23(11-12-26(24)41-20)31(35)29-30(34(33(37)32(29)36)18-25-9-6-14-39-25)22-10-13-27(28(17-22)38-2)40-19-21-7-4-3-5-8-21/h3-14,16-17,20,30,35H,15,18-19H2,1-2H3/t20-,30-/m0/s1. The SMILES string of the molecule is COc1cc([C@H]2C(=C(O)c3ccc4c(c3)C[C@H](C)O4)C(=O)C(=O)N2Cc2ccco2)ccc1OCc1ccccc1. The van der Waals surface area contributed by atoms with Gasteiger partial charge in [0, 0.05) is 12.0 Å². The van der Waals surface area contributed by atoms with Gasteiger partial charge in [-0.05, 0) is 66.1 Å². The zero-order chi connectivity index (χ0) is 28.5. The fraction of sp³-hybridized carbons (Fsp3) is 0.212. The molecule has 0 radical (unpaired) electrons. The highest BCUT2D eigenvalue weighted by Crippen LogP contribution is 2.43. The van der Waals surface area contributed by atoms with E-state index in [9.17, 15) is 14.7 Å². The van der Waals surface area contributed by atoms with Gasteiger partial charge in [-0.1, -0.05) is 36.4 Å². The number of fused-ring (bicyclic) bond motifs is 1. The Morgan fingerprint density at radius 2 is 1.83 bits per heavy atom. The normalized spacial score (nSPS) is 19.2. The zero-order valence-corrected chi connectivity index (χ0v) is 22.7. The molecular formula is C33H29NO7. The number of carbonyl (C=O) groups is 2. The lowest BCUT2D eigenvalue weighted by molar-refractivity contribution is -0.140. The number of hydrogen-bond acceptors (Lipinski definition) is 7. The van der Waals surface area contributed by atoms with Crippen LogP contribution < -0.4 is 14.2 Å². The van der Waals surface area contributed by atoms with Crippen LogP contribution in [0.2, 0.25) is 0 Å². The average Bonchev–Trinajstić information content (AvgIpc) is 3.70. The molecular weight excluding hydrogens is 522 g/mol. The molecule has 3 aromatic carbocycles. The first-order valence-corrected chi connectivity index (χ1v) is 13.4. The smallest absolute Gasteiger partial charge is 0.296 e. The Kier molecular flexibility index (Phi) is 6.97. The third-order valence-electron chi connectivity index (χ3n) is 7.36. The number of amides is 1. The lowest BCUT2D eigenvalue weighted by Gasteiger charge is -2.25. The monoisotopic (exact) mass is 551 g/mol. The molecule has 208 valence electrons. The Balaban J connectivity index is 1.41. The lowest BCUT2D eigenvalue weighted by Crippen LogP contribution is -2.29. The molecule has 0 unspecified atom stereocenters. The average molecular weight is 552 g/mol. The first-order chi connectivity index (χ1) is 19.9. The Hall–Kier alpha value is -4.98. The Morgan fingerprint density at radius 1 is 1.00 bits per heavy atom. The molecule has 1 N–H and O–H groups in total. The summed E-state index contributed by atoms with van der Waals surface area (Å²) < 4.78 is 23.0. The van der Waals surface area contributed by atoms with Crippen molar-refractivity contribution in [2.45, 2.75) is 38.6 Å². The van der Waals surface area contributed by atoms with Gasteiger partial charge in [-0.2, -0.15) is 0 Å². The largest absolute Gasteiger partial charge is 0.507 e. The van der Waals surface area contributed by atoms with Crippen molar-refractivity contribution in [2.75, 3.05) is 7.11 Å². The van der Waals surface area contributed by atoms with Crippen LogP contribution in [0.15, 0.2) is 95.1 Å². The molecule has 1 amide bonds. The predicted molar refractivity (Wildman–Crippen MR) is 151 cm³/mol. The van der Waals surface area contributed by atoms with Crippen LogP contribution in [-0.4, -0.2) is 34.9 Å². The Morgan fingerprint density at radius 3 is 2.59 bits per heavy atom. The van der Waals surface area contributed by atoms with Crippen molar-refractivity contribution in [3.63, 3.8) is 0 Å². The van der Waals surface area contributed by atoms with Gasteiger partial charge in [-0.25, -0.2) is 0 Å². The van der Waals surface area contributed by atoms with Crippen LogP contribution in [0.4, 0.5) is 0 Å². The maximum atomic E-state index is 13.5.